The molecule has 0 aromatic heterocycles. The Morgan fingerprint density at radius 1 is 1.11 bits per heavy atom. The van der Waals surface area contributed by atoms with Gasteiger partial charge in [-0.05, 0) is 42.5 Å². The van der Waals surface area contributed by atoms with E-state index in [1.807, 2.05) is 4.90 Å². The van der Waals surface area contributed by atoms with Crippen molar-refractivity contribution in [3.05, 3.63) is 29.3 Å². The molecule has 1 aromatic carbocycles. The molecule has 0 spiro atoms. The predicted molar refractivity (Wildman–Crippen MR) is 111 cm³/mol. The Morgan fingerprint density at radius 3 is 2.39 bits per heavy atom. The van der Waals surface area contributed by atoms with E-state index in [9.17, 15) is 13.2 Å². The van der Waals surface area contributed by atoms with Gasteiger partial charge < -0.3 is 5.32 Å². The lowest BCUT2D eigenvalue weighted by atomic mass is 9.78. The van der Waals surface area contributed by atoms with Crippen LogP contribution in [0.15, 0.2) is 29.2 Å². The Morgan fingerprint density at radius 2 is 1.75 bits per heavy atom. The van der Waals surface area contributed by atoms with Crippen molar-refractivity contribution in [2.45, 2.75) is 44.0 Å². The quantitative estimate of drug-likeness (QED) is 0.784. The van der Waals surface area contributed by atoms with E-state index in [1.54, 1.807) is 12.1 Å². The number of piperazine rings is 1. The van der Waals surface area contributed by atoms with Gasteiger partial charge in [0.25, 0.3) is 0 Å². The van der Waals surface area contributed by atoms with Gasteiger partial charge in [0.15, 0.2) is 0 Å². The fourth-order valence-corrected chi connectivity index (χ4v) is 5.67. The summed E-state index contributed by atoms with van der Waals surface area (Å²) in [7, 11) is -3.52. The first kappa shape index (κ1) is 21.6. The van der Waals surface area contributed by atoms with Gasteiger partial charge in [-0.3, -0.25) is 9.69 Å². The molecule has 3 atom stereocenters. The van der Waals surface area contributed by atoms with Gasteiger partial charge in [0, 0.05) is 37.2 Å². The lowest BCUT2D eigenvalue weighted by Gasteiger charge is -2.36. The molecule has 8 heteroatoms. The van der Waals surface area contributed by atoms with E-state index in [2.05, 4.69) is 19.2 Å². The van der Waals surface area contributed by atoms with Gasteiger partial charge in [-0.25, -0.2) is 8.42 Å². The average Bonchev–Trinajstić information content (AvgIpc) is 2.66. The van der Waals surface area contributed by atoms with Crippen molar-refractivity contribution in [1.29, 1.82) is 0 Å². The summed E-state index contributed by atoms with van der Waals surface area (Å²) in [6.07, 6.45) is 3.44. The van der Waals surface area contributed by atoms with Gasteiger partial charge in [0.1, 0.15) is 0 Å². The van der Waals surface area contributed by atoms with Crippen LogP contribution in [0.4, 0.5) is 0 Å². The molecule has 1 amide bonds. The molecule has 1 heterocycles. The van der Waals surface area contributed by atoms with Crippen LogP contribution in [0.2, 0.25) is 5.02 Å². The highest BCUT2D eigenvalue weighted by atomic mass is 35.5. The van der Waals surface area contributed by atoms with Gasteiger partial charge in [0.2, 0.25) is 15.9 Å². The monoisotopic (exact) mass is 427 g/mol. The Hall–Kier alpha value is -1.15. The van der Waals surface area contributed by atoms with Crippen LogP contribution < -0.4 is 5.32 Å². The molecule has 3 rings (SSSR count). The summed E-state index contributed by atoms with van der Waals surface area (Å²) in [4.78, 5) is 14.7. The molecule has 156 valence electrons. The SMILES string of the molecule is C[C@@H]1[C@@H](C)CCC[C@H]1NC(=O)CN1CCN(S(=O)(=O)c2ccc(Cl)cc2)CC1. The number of nitrogens with one attached hydrogen (secondary N) is 1. The number of hydrogen-bond acceptors (Lipinski definition) is 4. The lowest BCUT2D eigenvalue weighted by Crippen LogP contribution is -2.52. The molecule has 1 aliphatic carbocycles. The number of hydrogen-bond donors (Lipinski definition) is 1. The van der Waals surface area contributed by atoms with Crippen LogP contribution in [0.3, 0.4) is 0 Å². The molecule has 1 saturated heterocycles. The second-order valence-corrected chi connectivity index (χ2v) is 10.4. The smallest absolute Gasteiger partial charge is 0.243 e. The topological polar surface area (TPSA) is 69.7 Å². The van der Waals surface area contributed by atoms with Crippen molar-refractivity contribution < 1.29 is 13.2 Å². The molecule has 28 heavy (non-hydrogen) atoms. The molecule has 0 radical (unpaired) electrons. The maximum atomic E-state index is 12.7. The lowest BCUT2D eigenvalue weighted by molar-refractivity contribution is -0.124. The van der Waals surface area contributed by atoms with Gasteiger partial charge in [-0.15, -0.1) is 0 Å². The summed E-state index contributed by atoms with van der Waals surface area (Å²) in [5, 5.41) is 3.70. The van der Waals surface area contributed by atoms with Crippen LogP contribution >= 0.6 is 11.6 Å². The summed E-state index contributed by atoms with van der Waals surface area (Å²) in [5.41, 5.74) is 0. The first-order valence-corrected chi connectivity index (χ1v) is 11.9. The fraction of sp³-hybridized carbons (Fsp3) is 0.650. The van der Waals surface area contributed by atoms with Crippen molar-refractivity contribution in [3.63, 3.8) is 0 Å². The van der Waals surface area contributed by atoms with Crippen LogP contribution in [0.25, 0.3) is 0 Å². The minimum absolute atomic E-state index is 0.0416. The van der Waals surface area contributed by atoms with Crippen molar-refractivity contribution in [2.24, 2.45) is 11.8 Å². The fourth-order valence-electron chi connectivity index (χ4n) is 4.12. The Kier molecular flexibility index (Phi) is 7.02. The van der Waals surface area contributed by atoms with Crippen molar-refractivity contribution in [1.82, 2.24) is 14.5 Å². The highest BCUT2D eigenvalue weighted by Gasteiger charge is 2.31. The Bertz CT molecular complexity index is 776. The zero-order valence-electron chi connectivity index (χ0n) is 16.6. The number of rotatable bonds is 5. The Balaban J connectivity index is 1.50. The van der Waals surface area contributed by atoms with E-state index in [4.69, 9.17) is 11.6 Å². The standard InChI is InChI=1S/C20H30ClN3O3S/c1-15-4-3-5-19(16(15)2)22-20(25)14-23-10-12-24(13-11-23)28(26,27)18-8-6-17(21)7-9-18/h6-9,15-16,19H,3-5,10-14H2,1-2H3,(H,22,25)/t15-,16+,19+/m0/s1. The molecule has 6 nitrogen and oxygen atoms in total. The molecule has 0 bridgehead atoms. The molecule has 1 aromatic rings. The third-order valence-corrected chi connectivity index (χ3v) is 8.37. The molecular formula is C20H30ClN3O3S. The minimum atomic E-state index is -3.52. The zero-order chi connectivity index (χ0) is 20.3. The van der Waals surface area contributed by atoms with Crippen LogP contribution in [0.1, 0.15) is 33.1 Å². The van der Waals surface area contributed by atoms with Crippen molar-refractivity contribution >= 4 is 27.5 Å². The molecule has 2 fully saturated rings. The highest BCUT2D eigenvalue weighted by molar-refractivity contribution is 7.89. The number of carbonyl (C=O) groups is 1. The maximum Gasteiger partial charge on any atom is 0.243 e. The molecule has 2 aliphatic rings. The van der Waals surface area contributed by atoms with Crippen molar-refractivity contribution in [2.75, 3.05) is 32.7 Å². The van der Waals surface area contributed by atoms with Gasteiger partial charge in [-0.1, -0.05) is 38.3 Å². The van der Waals surface area contributed by atoms with E-state index >= 15 is 0 Å². The molecule has 1 N–H and O–H groups in total. The van der Waals surface area contributed by atoms with Crippen LogP contribution in [-0.2, 0) is 14.8 Å². The number of benzene rings is 1. The number of carbonyl (C=O) groups excluding carboxylic acids is 1. The summed E-state index contributed by atoms with van der Waals surface area (Å²) in [6.45, 7) is 6.67. The second-order valence-electron chi connectivity index (χ2n) is 8.08. The predicted octanol–water partition coefficient (Wildman–Crippen LogP) is 2.59. The van der Waals surface area contributed by atoms with E-state index in [0.29, 0.717) is 49.6 Å². The zero-order valence-corrected chi connectivity index (χ0v) is 18.2. The minimum Gasteiger partial charge on any atom is -0.352 e. The normalized spacial score (nSPS) is 27.5. The molecule has 0 unspecified atom stereocenters. The number of amides is 1. The summed E-state index contributed by atoms with van der Waals surface area (Å²) in [5.74, 6) is 1.18. The first-order chi connectivity index (χ1) is 13.3. The van der Waals surface area contributed by atoms with E-state index < -0.39 is 10.0 Å². The summed E-state index contributed by atoms with van der Waals surface area (Å²) >= 11 is 5.85. The van der Waals surface area contributed by atoms with Crippen LogP contribution in [-0.4, -0.2) is 62.3 Å². The van der Waals surface area contributed by atoms with Crippen molar-refractivity contribution in [3.8, 4) is 0 Å². The third-order valence-electron chi connectivity index (χ3n) is 6.20. The molecule has 1 saturated carbocycles. The number of halogens is 1. The number of sulfonamides is 1. The van der Waals surface area contributed by atoms with E-state index in [0.717, 1.165) is 12.8 Å². The second kappa shape index (κ2) is 9.11. The molecular weight excluding hydrogens is 398 g/mol. The highest BCUT2D eigenvalue weighted by Crippen LogP contribution is 2.29. The maximum absolute atomic E-state index is 12.7. The number of nitrogens with zero attached hydrogens (tertiary/aromatic N) is 2. The van der Waals surface area contributed by atoms with E-state index in [1.165, 1.54) is 22.9 Å². The van der Waals surface area contributed by atoms with Crippen LogP contribution in [0.5, 0.6) is 0 Å². The third kappa shape index (κ3) is 5.06. The van der Waals surface area contributed by atoms with Crippen LogP contribution in [0, 0.1) is 11.8 Å². The van der Waals surface area contributed by atoms with E-state index in [-0.39, 0.29) is 16.8 Å². The summed E-state index contributed by atoms with van der Waals surface area (Å²) < 4.78 is 27.0. The largest absolute Gasteiger partial charge is 0.352 e. The van der Waals surface area contributed by atoms with Gasteiger partial charge in [0.05, 0.1) is 11.4 Å². The first-order valence-electron chi connectivity index (χ1n) is 10.0. The Labute approximate surface area is 173 Å². The van der Waals surface area contributed by atoms with Gasteiger partial charge >= 0.3 is 0 Å². The molecule has 1 aliphatic heterocycles. The van der Waals surface area contributed by atoms with Gasteiger partial charge in [-0.2, -0.15) is 4.31 Å². The summed E-state index contributed by atoms with van der Waals surface area (Å²) in [6, 6.07) is 6.49. The average molecular weight is 428 g/mol.